The lowest BCUT2D eigenvalue weighted by atomic mass is 10.1. The first-order valence-electron chi connectivity index (χ1n) is 5.85. The molecular formula is C13H17NO3. The molecule has 0 amide bonds. The molecule has 0 bridgehead atoms. The van der Waals surface area contributed by atoms with Gasteiger partial charge in [-0.2, -0.15) is 0 Å². The van der Waals surface area contributed by atoms with Gasteiger partial charge in [-0.05, 0) is 18.2 Å². The van der Waals surface area contributed by atoms with Crippen molar-refractivity contribution in [3.05, 3.63) is 23.8 Å². The van der Waals surface area contributed by atoms with E-state index in [0.29, 0.717) is 11.3 Å². The topological polar surface area (TPSA) is 47.6 Å². The lowest BCUT2D eigenvalue weighted by Crippen LogP contribution is -2.26. The summed E-state index contributed by atoms with van der Waals surface area (Å²) in [4.78, 5) is 11.0. The van der Waals surface area contributed by atoms with Crippen LogP contribution in [-0.2, 0) is 4.74 Å². The molecule has 1 N–H and O–H groups in total. The van der Waals surface area contributed by atoms with E-state index in [4.69, 9.17) is 9.47 Å². The summed E-state index contributed by atoms with van der Waals surface area (Å²) in [6, 6.07) is 5.54. The van der Waals surface area contributed by atoms with E-state index in [1.54, 1.807) is 6.07 Å². The number of hydrogen-bond acceptors (Lipinski definition) is 4. The number of ether oxygens (including phenoxy) is 2. The third-order valence-electron chi connectivity index (χ3n) is 2.89. The normalized spacial score (nSPS) is 16.5. The van der Waals surface area contributed by atoms with Gasteiger partial charge in [-0.15, -0.1) is 0 Å². The van der Waals surface area contributed by atoms with Gasteiger partial charge >= 0.3 is 0 Å². The molecule has 1 fully saturated rings. The van der Waals surface area contributed by atoms with Crippen molar-refractivity contribution in [3.8, 4) is 5.75 Å². The van der Waals surface area contributed by atoms with Gasteiger partial charge in [0.25, 0.3) is 0 Å². The Bertz CT molecular complexity index is 386. The minimum absolute atomic E-state index is 0.155. The molecule has 0 radical (unpaired) electrons. The molecule has 92 valence electrons. The van der Waals surface area contributed by atoms with Crippen molar-refractivity contribution >= 4 is 12.0 Å². The maximum Gasteiger partial charge on any atom is 0.153 e. The van der Waals surface area contributed by atoms with Crippen LogP contribution < -0.4 is 10.1 Å². The third kappa shape index (κ3) is 2.97. The molecule has 1 aliphatic rings. The van der Waals surface area contributed by atoms with E-state index in [1.807, 2.05) is 19.2 Å². The Balaban J connectivity index is 2.11. The SMILES string of the molecule is CNc1ccc(OC2CCOCC2)c(C=O)c1. The minimum atomic E-state index is 0.155. The van der Waals surface area contributed by atoms with Gasteiger partial charge < -0.3 is 14.8 Å². The van der Waals surface area contributed by atoms with E-state index in [-0.39, 0.29) is 6.10 Å². The molecule has 17 heavy (non-hydrogen) atoms. The Morgan fingerprint density at radius 2 is 2.18 bits per heavy atom. The van der Waals surface area contributed by atoms with Crippen LogP contribution in [0.25, 0.3) is 0 Å². The summed E-state index contributed by atoms with van der Waals surface area (Å²) >= 11 is 0. The highest BCUT2D eigenvalue weighted by Gasteiger charge is 2.16. The number of aldehydes is 1. The van der Waals surface area contributed by atoms with E-state index in [0.717, 1.165) is 38.0 Å². The molecule has 0 unspecified atom stereocenters. The average Bonchev–Trinajstić information content (AvgIpc) is 2.40. The fraction of sp³-hybridized carbons (Fsp3) is 0.462. The monoisotopic (exact) mass is 235 g/mol. The quantitative estimate of drug-likeness (QED) is 0.812. The average molecular weight is 235 g/mol. The van der Waals surface area contributed by atoms with Crippen LogP contribution in [0, 0.1) is 0 Å². The number of benzene rings is 1. The van der Waals surface area contributed by atoms with Crippen molar-refractivity contribution in [2.45, 2.75) is 18.9 Å². The van der Waals surface area contributed by atoms with E-state index in [1.165, 1.54) is 0 Å². The van der Waals surface area contributed by atoms with Crippen LogP contribution in [0.15, 0.2) is 18.2 Å². The van der Waals surface area contributed by atoms with Crippen molar-refractivity contribution in [1.29, 1.82) is 0 Å². The number of hydrogen-bond donors (Lipinski definition) is 1. The Labute approximate surface area is 101 Å². The summed E-state index contributed by atoms with van der Waals surface area (Å²) in [5.41, 5.74) is 1.50. The van der Waals surface area contributed by atoms with Crippen LogP contribution >= 0.6 is 0 Å². The maximum absolute atomic E-state index is 11.0. The number of carbonyl (C=O) groups excluding carboxylic acids is 1. The largest absolute Gasteiger partial charge is 0.490 e. The first kappa shape index (κ1) is 11.9. The summed E-state index contributed by atoms with van der Waals surface area (Å²) in [7, 11) is 1.82. The van der Waals surface area contributed by atoms with Crippen LogP contribution in [0.4, 0.5) is 5.69 Å². The molecule has 2 rings (SSSR count). The zero-order valence-electron chi connectivity index (χ0n) is 9.94. The highest BCUT2D eigenvalue weighted by Crippen LogP contribution is 2.24. The Hall–Kier alpha value is -1.55. The van der Waals surface area contributed by atoms with Crippen molar-refractivity contribution in [1.82, 2.24) is 0 Å². The Kier molecular flexibility index (Phi) is 3.98. The number of nitrogens with one attached hydrogen (secondary N) is 1. The summed E-state index contributed by atoms with van der Waals surface area (Å²) in [6.07, 6.45) is 2.75. The molecule has 1 heterocycles. The highest BCUT2D eigenvalue weighted by molar-refractivity contribution is 5.81. The Morgan fingerprint density at radius 1 is 1.41 bits per heavy atom. The van der Waals surface area contributed by atoms with Gasteiger partial charge in [0.15, 0.2) is 6.29 Å². The zero-order chi connectivity index (χ0) is 12.1. The van der Waals surface area contributed by atoms with E-state index < -0.39 is 0 Å². The molecule has 0 spiro atoms. The van der Waals surface area contributed by atoms with Gasteiger partial charge in [0.05, 0.1) is 18.8 Å². The van der Waals surface area contributed by atoms with Crippen LogP contribution in [0.5, 0.6) is 5.75 Å². The van der Waals surface area contributed by atoms with E-state index >= 15 is 0 Å². The zero-order valence-corrected chi connectivity index (χ0v) is 9.94. The van der Waals surface area contributed by atoms with Gasteiger partial charge in [0, 0.05) is 25.6 Å². The second-order valence-corrected chi connectivity index (χ2v) is 4.05. The van der Waals surface area contributed by atoms with E-state index in [9.17, 15) is 4.79 Å². The van der Waals surface area contributed by atoms with Crippen molar-refractivity contribution in [3.63, 3.8) is 0 Å². The molecule has 4 heteroatoms. The fourth-order valence-corrected chi connectivity index (χ4v) is 1.88. The maximum atomic E-state index is 11.0. The smallest absolute Gasteiger partial charge is 0.153 e. The summed E-state index contributed by atoms with van der Waals surface area (Å²) in [5.74, 6) is 0.658. The van der Waals surface area contributed by atoms with Crippen molar-refractivity contribution < 1.29 is 14.3 Å². The predicted octanol–water partition coefficient (Wildman–Crippen LogP) is 2.10. The lowest BCUT2D eigenvalue weighted by molar-refractivity contribution is 0.0253. The minimum Gasteiger partial charge on any atom is -0.490 e. The number of rotatable bonds is 4. The number of anilines is 1. The van der Waals surface area contributed by atoms with Gasteiger partial charge in [0.1, 0.15) is 11.9 Å². The second-order valence-electron chi connectivity index (χ2n) is 4.05. The molecule has 0 aromatic heterocycles. The van der Waals surface area contributed by atoms with Crippen molar-refractivity contribution in [2.75, 3.05) is 25.6 Å². The second kappa shape index (κ2) is 5.68. The van der Waals surface area contributed by atoms with Crippen LogP contribution in [0.3, 0.4) is 0 Å². The highest BCUT2D eigenvalue weighted by atomic mass is 16.5. The molecule has 0 saturated carbocycles. The first-order valence-corrected chi connectivity index (χ1v) is 5.85. The summed E-state index contributed by atoms with van der Waals surface area (Å²) in [6.45, 7) is 1.46. The van der Waals surface area contributed by atoms with Crippen LogP contribution in [0.2, 0.25) is 0 Å². The van der Waals surface area contributed by atoms with Gasteiger partial charge in [0.2, 0.25) is 0 Å². The van der Waals surface area contributed by atoms with Gasteiger partial charge in [-0.3, -0.25) is 4.79 Å². The van der Waals surface area contributed by atoms with Gasteiger partial charge in [-0.25, -0.2) is 0 Å². The first-order chi connectivity index (χ1) is 8.33. The molecule has 0 aliphatic carbocycles. The van der Waals surface area contributed by atoms with E-state index in [2.05, 4.69) is 5.32 Å². The van der Waals surface area contributed by atoms with Gasteiger partial charge in [-0.1, -0.05) is 0 Å². The fourth-order valence-electron chi connectivity index (χ4n) is 1.88. The summed E-state index contributed by atoms with van der Waals surface area (Å²) < 4.78 is 11.1. The molecule has 1 aromatic carbocycles. The molecule has 4 nitrogen and oxygen atoms in total. The molecule has 1 saturated heterocycles. The third-order valence-corrected chi connectivity index (χ3v) is 2.89. The lowest BCUT2D eigenvalue weighted by Gasteiger charge is -2.24. The van der Waals surface area contributed by atoms with Crippen molar-refractivity contribution in [2.24, 2.45) is 0 Å². The standard InChI is InChI=1S/C13H17NO3/c1-14-11-2-3-13(10(8-11)9-15)17-12-4-6-16-7-5-12/h2-3,8-9,12,14H,4-7H2,1H3. The molecule has 0 atom stereocenters. The molecule has 1 aliphatic heterocycles. The number of carbonyl (C=O) groups is 1. The van der Waals surface area contributed by atoms with Crippen LogP contribution in [-0.4, -0.2) is 32.7 Å². The van der Waals surface area contributed by atoms with Crippen LogP contribution in [0.1, 0.15) is 23.2 Å². The summed E-state index contributed by atoms with van der Waals surface area (Å²) in [5, 5.41) is 3.00. The molecule has 1 aromatic rings. The molecular weight excluding hydrogens is 218 g/mol. The predicted molar refractivity (Wildman–Crippen MR) is 65.8 cm³/mol. The Morgan fingerprint density at radius 3 is 2.82 bits per heavy atom.